The maximum absolute atomic E-state index is 12.7. The molecule has 0 aromatic heterocycles. The Kier molecular flexibility index (Phi) is 4.70. The van der Waals surface area contributed by atoms with Gasteiger partial charge in [0.2, 0.25) is 5.91 Å². The van der Waals surface area contributed by atoms with Crippen molar-refractivity contribution in [3.8, 4) is 5.75 Å². The molecule has 2 aromatic carbocycles. The topological polar surface area (TPSA) is 38.3 Å². The Hall–Kier alpha value is -2.50. The summed E-state index contributed by atoms with van der Waals surface area (Å²) in [6.45, 7) is 0.0919. The number of hydrogen-bond donors (Lipinski definition) is 1. The molecule has 1 aliphatic carbocycles. The van der Waals surface area contributed by atoms with Gasteiger partial charge in [0.15, 0.2) is 0 Å². The van der Waals surface area contributed by atoms with E-state index in [1.165, 1.54) is 6.07 Å². The van der Waals surface area contributed by atoms with Crippen molar-refractivity contribution < 1.29 is 22.7 Å². The highest BCUT2D eigenvalue weighted by atomic mass is 19.4. The lowest BCUT2D eigenvalue weighted by molar-refractivity contribution is -0.137. The molecular formula is C19H18F3NO2. The quantitative estimate of drug-likeness (QED) is 0.881. The number of methoxy groups -OCH3 is 1. The van der Waals surface area contributed by atoms with E-state index < -0.39 is 11.7 Å². The minimum Gasteiger partial charge on any atom is -0.497 e. The molecule has 132 valence electrons. The van der Waals surface area contributed by atoms with Gasteiger partial charge >= 0.3 is 6.18 Å². The molecule has 2 atom stereocenters. The molecule has 3 rings (SSSR count). The molecule has 1 N–H and O–H groups in total. The number of hydrogen-bond acceptors (Lipinski definition) is 2. The van der Waals surface area contributed by atoms with Crippen molar-refractivity contribution in [2.45, 2.75) is 25.1 Å². The first kappa shape index (κ1) is 17.3. The molecule has 3 nitrogen and oxygen atoms in total. The number of amides is 1. The Labute approximate surface area is 143 Å². The van der Waals surface area contributed by atoms with Crippen LogP contribution in [-0.2, 0) is 17.5 Å². The Morgan fingerprint density at radius 2 is 1.92 bits per heavy atom. The maximum atomic E-state index is 12.7. The zero-order valence-corrected chi connectivity index (χ0v) is 13.6. The molecule has 0 spiro atoms. The van der Waals surface area contributed by atoms with E-state index in [0.717, 1.165) is 29.9 Å². The minimum absolute atomic E-state index is 0.0919. The van der Waals surface area contributed by atoms with Gasteiger partial charge < -0.3 is 10.1 Å². The van der Waals surface area contributed by atoms with Crippen LogP contribution in [0.3, 0.4) is 0 Å². The molecular weight excluding hydrogens is 331 g/mol. The average molecular weight is 349 g/mol. The van der Waals surface area contributed by atoms with E-state index in [1.54, 1.807) is 13.2 Å². The second-order valence-electron chi connectivity index (χ2n) is 6.14. The predicted octanol–water partition coefficient (Wildman–Crippen LogP) is 4.13. The summed E-state index contributed by atoms with van der Waals surface area (Å²) < 4.78 is 43.2. The highest BCUT2D eigenvalue weighted by molar-refractivity contribution is 5.82. The fourth-order valence-corrected chi connectivity index (χ4v) is 2.88. The SMILES string of the molecule is COc1ccc(C2CC2C(=O)NCc2cccc(C(F)(F)F)c2)cc1. The van der Waals surface area contributed by atoms with Crippen LogP contribution in [0.4, 0.5) is 13.2 Å². The molecule has 0 bridgehead atoms. The van der Waals surface area contributed by atoms with Gasteiger partial charge in [-0.25, -0.2) is 0 Å². The van der Waals surface area contributed by atoms with Crippen LogP contribution in [0.25, 0.3) is 0 Å². The van der Waals surface area contributed by atoms with Crippen molar-refractivity contribution in [3.63, 3.8) is 0 Å². The first-order chi connectivity index (χ1) is 11.9. The summed E-state index contributed by atoms with van der Waals surface area (Å²) in [6, 6.07) is 12.6. The highest BCUT2D eigenvalue weighted by Crippen LogP contribution is 2.47. The largest absolute Gasteiger partial charge is 0.497 e. The lowest BCUT2D eigenvalue weighted by atomic mass is 10.1. The molecule has 1 amide bonds. The normalized spacial score (nSPS) is 19.4. The predicted molar refractivity (Wildman–Crippen MR) is 87.1 cm³/mol. The lowest BCUT2D eigenvalue weighted by Crippen LogP contribution is -2.25. The van der Waals surface area contributed by atoms with Gasteiger partial charge in [-0.2, -0.15) is 13.2 Å². The van der Waals surface area contributed by atoms with Crippen molar-refractivity contribution in [1.82, 2.24) is 5.32 Å². The Bertz CT molecular complexity index is 756. The molecule has 6 heteroatoms. The van der Waals surface area contributed by atoms with Gasteiger partial charge in [0.1, 0.15) is 5.75 Å². The Morgan fingerprint density at radius 1 is 1.20 bits per heavy atom. The van der Waals surface area contributed by atoms with Gasteiger partial charge in [-0.05, 0) is 47.7 Å². The number of alkyl halides is 3. The van der Waals surface area contributed by atoms with Gasteiger partial charge in [0.05, 0.1) is 12.7 Å². The average Bonchev–Trinajstić information content (AvgIpc) is 3.40. The van der Waals surface area contributed by atoms with Crippen LogP contribution in [0.2, 0.25) is 0 Å². The number of rotatable bonds is 5. The smallest absolute Gasteiger partial charge is 0.416 e. The number of ether oxygens (including phenoxy) is 1. The van der Waals surface area contributed by atoms with Gasteiger partial charge in [-0.1, -0.05) is 24.3 Å². The van der Waals surface area contributed by atoms with Crippen LogP contribution in [0.15, 0.2) is 48.5 Å². The second kappa shape index (κ2) is 6.78. The first-order valence-electron chi connectivity index (χ1n) is 7.96. The number of carbonyl (C=O) groups is 1. The zero-order valence-electron chi connectivity index (χ0n) is 13.6. The molecule has 2 unspecified atom stereocenters. The van der Waals surface area contributed by atoms with E-state index in [4.69, 9.17) is 4.74 Å². The summed E-state index contributed by atoms with van der Waals surface area (Å²) in [5, 5.41) is 2.73. The fraction of sp³-hybridized carbons (Fsp3) is 0.316. The van der Waals surface area contributed by atoms with E-state index in [9.17, 15) is 18.0 Å². The van der Waals surface area contributed by atoms with Crippen LogP contribution in [0, 0.1) is 5.92 Å². The first-order valence-corrected chi connectivity index (χ1v) is 7.96. The summed E-state index contributed by atoms with van der Waals surface area (Å²) in [6.07, 6.45) is -3.63. The van der Waals surface area contributed by atoms with Crippen molar-refractivity contribution in [2.24, 2.45) is 5.92 Å². The molecule has 0 aliphatic heterocycles. The van der Waals surface area contributed by atoms with Crippen molar-refractivity contribution >= 4 is 5.91 Å². The van der Waals surface area contributed by atoms with Crippen LogP contribution >= 0.6 is 0 Å². The van der Waals surface area contributed by atoms with E-state index in [1.807, 2.05) is 24.3 Å². The molecule has 0 heterocycles. The third kappa shape index (κ3) is 4.13. The van der Waals surface area contributed by atoms with Crippen molar-refractivity contribution in [2.75, 3.05) is 7.11 Å². The van der Waals surface area contributed by atoms with E-state index in [-0.39, 0.29) is 24.3 Å². The number of carbonyl (C=O) groups excluding carboxylic acids is 1. The van der Waals surface area contributed by atoms with Crippen LogP contribution in [0.5, 0.6) is 5.75 Å². The molecule has 1 saturated carbocycles. The fourth-order valence-electron chi connectivity index (χ4n) is 2.88. The second-order valence-corrected chi connectivity index (χ2v) is 6.14. The molecule has 2 aromatic rings. The molecule has 0 saturated heterocycles. The maximum Gasteiger partial charge on any atom is 0.416 e. The van der Waals surface area contributed by atoms with E-state index in [2.05, 4.69) is 5.32 Å². The van der Waals surface area contributed by atoms with Gasteiger partial charge in [0, 0.05) is 12.5 Å². The third-order valence-electron chi connectivity index (χ3n) is 4.39. The van der Waals surface area contributed by atoms with E-state index >= 15 is 0 Å². The number of nitrogens with one attached hydrogen (secondary N) is 1. The summed E-state index contributed by atoms with van der Waals surface area (Å²) in [7, 11) is 1.59. The summed E-state index contributed by atoms with van der Waals surface area (Å²) in [5.41, 5.74) is 0.798. The van der Waals surface area contributed by atoms with Gasteiger partial charge in [0.25, 0.3) is 0 Å². The molecule has 1 aliphatic rings. The monoisotopic (exact) mass is 349 g/mol. The number of halogens is 3. The highest BCUT2D eigenvalue weighted by Gasteiger charge is 2.43. The van der Waals surface area contributed by atoms with Crippen LogP contribution in [-0.4, -0.2) is 13.0 Å². The standard InChI is InChI=1S/C19H18F3NO2/c1-25-15-7-5-13(6-8-15)16-10-17(16)18(24)23-11-12-3-2-4-14(9-12)19(20,21)22/h2-9,16-17H,10-11H2,1H3,(H,23,24). The Morgan fingerprint density at radius 3 is 2.56 bits per heavy atom. The lowest BCUT2D eigenvalue weighted by Gasteiger charge is -2.10. The van der Waals surface area contributed by atoms with Crippen molar-refractivity contribution in [1.29, 1.82) is 0 Å². The van der Waals surface area contributed by atoms with Crippen LogP contribution in [0.1, 0.15) is 29.0 Å². The Balaban J connectivity index is 1.55. The van der Waals surface area contributed by atoms with Gasteiger partial charge in [-0.15, -0.1) is 0 Å². The van der Waals surface area contributed by atoms with Crippen LogP contribution < -0.4 is 10.1 Å². The van der Waals surface area contributed by atoms with Crippen molar-refractivity contribution in [3.05, 3.63) is 65.2 Å². The molecule has 25 heavy (non-hydrogen) atoms. The van der Waals surface area contributed by atoms with E-state index in [0.29, 0.717) is 5.56 Å². The van der Waals surface area contributed by atoms with Gasteiger partial charge in [-0.3, -0.25) is 4.79 Å². The summed E-state index contributed by atoms with van der Waals surface area (Å²) in [5.74, 6) is 0.666. The molecule has 1 fully saturated rings. The number of benzene rings is 2. The minimum atomic E-state index is -4.38. The summed E-state index contributed by atoms with van der Waals surface area (Å²) in [4.78, 5) is 12.2. The summed E-state index contributed by atoms with van der Waals surface area (Å²) >= 11 is 0. The molecule has 0 radical (unpaired) electrons. The zero-order chi connectivity index (χ0) is 18.0. The third-order valence-corrected chi connectivity index (χ3v) is 4.39.